The monoisotopic (exact) mass is 350 g/mol. The molecule has 2 rings (SSSR count). The van der Waals surface area contributed by atoms with Gasteiger partial charge in [0.1, 0.15) is 0 Å². The Hall–Kier alpha value is -1.92. The molecule has 110 valence electrons. The summed E-state index contributed by atoms with van der Waals surface area (Å²) in [6, 6.07) is 10.2. The van der Waals surface area contributed by atoms with Crippen LogP contribution in [0.2, 0.25) is 0 Å². The maximum Gasteiger partial charge on any atom is 0.256 e. The Kier molecular flexibility index (Phi) is 5.30. The Morgan fingerprint density at radius 2 is 2.05 bits per heavy atom. The van der Waals surface area contributed by atoms with E-state index in [1.54, 1.807) is 37.6 Å². The van der Waals surface area contributed by atoms with Gasteiger partial charge in [-0.25, -0.2) is 0 Å². The number of hydrogen-bond acceptors (Lipinski definition) is 3. The van der Waals surface area contributed by atoms with Gasteiger partial charge < -0.3 is 14.6 Å². The number of ether oxygens (including phenoxy) is 1. The quantitative estimate of drug-likeness (QED) is 0.901. The number of amides is 1. The first-order chi connectivity index (χ1) is 10.1. The lowest BCUT2D eigenvalue weighted by molar-refractivity contribution is 0.102. The molecule has 0 aliphatic rings. The second-order valence-corrected chi connectivity index (χ2v) is 5.23. The molecule has 0 unspecified atom stereocenters. The minimum Gasteiger partial charge on any atom is -0.383 e. The van der Waals surface area contributed by atoms with Crippen LogP contribution in [0.3, 0.4) is 0 Å². The van der Waals surface area contributed by atoms with Crippen molar-refractivity contribution >= 4 is 27.5 Å². The SMILES string of the molecule is COCCn1cc(NC(=O)c2ccccc2Br)ccc1=O. The number of aromatic nitrogens is 1. The predicted octanol–water partition coefficient (Wildman–Crippen LogP) is 2.51. The molecule has 5 nitrogen and oxygen atoms in total. The number of hydrogen-bond donors (Lipinski definition) is 1. The summed E-state index contributed by atoms with van der Waals surface area (Å²) in [5.41, 5.74) is 0.963. The molecule has 1 aromatic heterocycles. The topological polar surface area (TPSA) is 60.3 Å². The van der Waals surface area contributed by atoms with Crippen molar-refractivity contribution < 1.29 is 9.53 Å². The van der Waals surface area contributed by atoms with Crippen LogP contribution in [-0.2, 0) is 11.3 Å². The second-order valence-electron chi connectivity index (χ2n) is 4.38. The molecule has 0 aliphatic heterocycles. The Bertz CT molecular complexity index is 697. The first-order valence-electron chi connectivity index (χ1n) is 6.37. The zero-order valence-electron chi connectivity index (χ0n) is 11.5. The minimum absolute atomic E-state index is 0.133. The summed E-state index contributed by atoms with van der Waals surface area (Å²) in [5, 5.41) is 2.77. The van der Waals surface area contributed by atoms with Crippen molar-refractivity contribution in [3.05, 3.63) is 63.0 Å². The summed E-state index contributed by atoms with van der Waals surface area (Å²) in [4.78, 5) is 23.9. The van der Waals surface area contributed by atoms with E-state index in [9.17, 15) is 9.59 Å². The van der Waals surface area contributed by atoms with Gasteiger partial charge in [-0.3, -0.25) is 9.59 Å². The first-order valence-corrected chi connectivity index (χ1v) is 7.16. The lowest BCUT2D eigenvalue weighted by Gasteiger charge is -2.10. The predicted molar refractivity (Wildman–Crippen MR) is 84.7 cm³/mol. The van der Waals surface area contributed by atoms with E-state index in [0.29, 0.717) is 24.4 Å². The summed E-state index contributed by atoms with van der Waals surface area (Å²) in [6.45, 7) is 0.871. The van der Waals surface area contributed by atoms with Gasteiger partial charge in [0.05, 0.1) is 17.9 Å². The van der Waals surface area contributed by atoms with Crippen molar-refractivity contribution in [2.75, 3.05) is 19.0 Å². The number of anilines is 1. The van der Waals surface area contributed by atoms with Crippen LogP contribution in [-0.4, -0.2) is 24.2 Å². The molecule has 1 heterocycles. The van der Waals surface area contributed by atoms with E-state index in [-0.39, 0.29) is 11.5 Å². The fourth-order valence-electron chi connectivity index (χ4n) is 1.81. The Balaban J connectivity index is 2.18. The number of nitrogens with zero attached hydrogens (tertiary/aromatic N) is 1. The minimum atomic E-state index is -0.237. The van der Waals surface area contributed by atoms with Crippen molar-refractivity contribution in [3.63, 3.8) is 0 Å². The van der Waals surface area contributed by atoms with Crippen LogP contribution in [0, 0.1) is 0 Å². The zero-order chi connectivity index (χ0) is 15.2. The maximum absolute atomic E-state index is 12.2. The average Bonchev–Trinajstić information content (AvgIpc) is 2.48. The maximum atomic E-state index is 12.2. The normalized spacial score (nSPS) is 10.4. The van der Waals surface area contributed by atoms with E-state index in [0.717, 1.165) is 4.47 Å². The van der Waals surface area contributed by atoms with E-state index in [4.69, 9.17) is 4.74 Å². The highest BCUT2D eigenvalue weighted by Gasteiger charge is 2.10. The summed E-state index contributed by atoms with van der Waals surface area (Å²) >= 11 is 3.34. The zero-order valence-corrected chi connectivity index (χ0v) is 13.1. The molecular weight excluding hydrogens is 336 g/mol. The second kappa shape index (κ2) is 7.19. The van der Waals surface area contributed by atoms with E-state index in [1.807, 2.05) is 6.07 Å². The molecule has 0 bridgehead atoms. The van der Waals surface area contributed by atoms with Crippen molar-refractivity contribution in [1.29, 1.82) is 0 Å². The van der Waals surface area contributed by atoms with Gasteiger partial charge in [0.25, 0.3) is 11.5 Å². The molecule has 0 fully saturated rings. The Labute approximate surface area is 130 Å². The number of halogens is 1. The number of nitrogens with one attached hydrogen (secondary N) is 1. The van der Waals surface area contributed by atoms with Gasteiger partial charge in [-0.1, -0.05) is 12.1 Å². The third-order valence-electron chi connectivity index (χ3n) is 2.90. The molecule has 1 aromatic carbocycles. The van der Waals surface area contributed by atoms with Gasteiger partial charge in [-0.15, -0.1) is 0 Å². The van der Waals surface area contributed by atoms with E-state index in [2.05, 4.69) is 21.2 Å². The fourth-order valence-corrected chi connectivity index (χ4v) is 2.28. The number of benzene rings is 1. The molecule has 0 spiro atoms. The van der Waals surface area contributed by atoms with Gasteiger partial charge in [0, 0.05) is 30.4 Å². The molecule has 1 amide bonds. The van der Waals surface area contributed by atoms with E-state index >= 15 is 0 Å². The first kappa shape index (κ1) is 15.5. The largest absolute Gasteiger partial charge is 0.383 e. The number of carbonyl (C=O) groups is 1. The molecule has 0 aliphatic carbocycles. The third kappa shape index (κ3) is 4.03. The Morgan fingerprint density at radius 3 is 2.76 bits per heavy atom. The van der Waals surface area contributed by atoms with Gasteiger partial charge in [0.15, 0.2) is 0 Å². The summed E-state index contributed by atoms with van der Waals surface area (Å²) in [6.07, 6.45) is 1.61. The highest BCUT2D eigenvalue weighted by atomic mass is 79.9. The number of pyridine rings is 1. The summed E-state index contributed by atoms with van der Waals surface area (Å²) in [7, 11) is 1.57. The summed E-state index contributed by atoms with van der Waals surface area (Å²) < 4.78 is 7.17. The smallest absolute Gasteiger partial charge is 0.256 e. The van der Waals surface area contributed by atoms with Crippen LogP contribution in [0.1, 0.15) is 10.4 Å². The molecule has 0 atom stereocenters. The molecule has 1 N–H and O–H groups in total. The number of carbonyl (C=O) groups excluding carboxylic acids is 1. The molecule has 6 heteroatoms. The molecule has 0 radical (unpaired) electrons. The van der Waals surface area contributed by atoms with Crippen LogP contribution in [0.15, 0.2) is 51.9 Å². The lowest BCUT2D eigenvalue weighted by Crippen LogP contribution is -2.22. The molecule has 0 saturated carbocycles. The van der Waals surface area contributed by atoms with Crippen LogP contribution >= 0.6 is 15.9 Å². The van der Waals surface area contributed by atoms with E-state index in [1.165, 1.54) is 10.6 Å². The van der Waals surface area contributed by atoms with Crippen LogP contribution in [0.5, 0.6) is 0 Å². The van der Waals surface area contributed by atoms with Gasteiger partial charge in [-0.05, 0) is 34.1 Å². The molecule has 0 saturated heterocycles. The molecular formula is C15H15BrN2O3. The van der Waals surface area contributed by atoms with Crippen LogP contribution < -0.4 is 10.9 Å². The van der Waals surface area contributed by atoms with Crippen molar-refractivity contribution in [2.45, 2.75) is 6.54 Å². The molecule has 21 heavy (non-hydrogen) atoms. The van der Waals surface area contributed by atoms with Gasteiger partial charge in [-0.2, -0.15) is 0 Å². The van der Waals surface area contributed by atoms with Gasteiger partial charge >= 0.3 is 0 Å². The average molecular weight is 351 g/mol. The van der Waals surface area contributed by atoms with Crippen molar-refractivity contribution in [1.82, 2.24) is 4.57 Å². The molecule has 2 aromatic rings. The number of rotatable bonds is 5. The van der Waals surface area contributed by atoms with Crippen LogP contribution in [0.4, 0.5) is 5.69 Å². The van der Waals surface area contributed by atoms with Gasteiger partial charge in [0.2, 0.25) is 0 Å². The van der Waals surface area contributed by atoms with E-state index < -0.39 is 0 Å². The lowest BCUT2D eigenvalue weighted by atomic mass is 10.2. The van der Waals surface area contributed by atoms with Crippen molar-refractivity contribution in [3.8, 4) is 0 Å². The van der Waals surface area contributed by atoms with Crippen LogP contribution in [0.25, 0.3) is 0 Å². The highest BCUT2D eigenvalue weighted by molar-refractivity contribution is 9.10. The highest BCUT2D eigenvalue weighted by Crippen LogP contribution is 2.17. The van der Waals surface area contributed by atoms with Crippen molar-refractivity contribution in [2.24, 2.45) is 0 Å². The standard InChI is InChI=1S/C15H15BrN2O3/c1-21-9-8-18-10-11(6-7-14(18)19)17-15(20)12-4-2-3-5-13(12)16/h2-7,10H,8-9H2,1H3,(H,17,20). The Morgan fingerprint density at radius 1 is 1.29 bits per heavy atom. The summed E-state index contributed by atoms with van der Waals surface area (Å²) in [5.74, 6) is -0.237. The number of methoxy groups -OCH3 is 1. The fraction of sp³-hybridized carbons (Fsp3) is 0.200. The third-order valence-corrected chi connectivity index (χ3v) is 3.59.